The molecular formula is C17H15BrO4. The molecule has 0 aliphatic carbocycles. The Labute approximate surface area is 137 Å². The minimum absolute atomic E-state index is 0.166. The number of aliphatic carboxylic acids is 1. The first-order chi connectivity index (χ1) is 10.6. The van der Waals surface area contributed by atoms with Crippen molar-refractivity contribution in [2.24, 2.45) is 0 Å². The molecule has 0 spiro atoms. The molecule has 0 saturated heterocycles. The Bertz CT molecular complexity index is 708. The molecule has 0 atom stereocenters. The van der Waals surface area contributed by atoms with Crippen LogP contribution in [0.5, 0.6) is 11.5 Å². The van der Waals surface area contributed by atoms with Crippen LogP contribution in [0.1, 0.15) is 11.1 Å². The molecule has 0 fully saturated rings. The van der Waals surface area contributed by atoms with Crippen LogP contribution < -0.4 is 9.47 Å². The van der Waals surface area contributed by atoms with Gasteiger partial charge in [0.15, 0.2) is 11.5 Å². The number of rotatable bonds is 5. The van der Waals surface area contributed by atoms with Crippen molar-refractivity contribution in [3.05, 3.63) is 58.1 Å². The Kier molecular flexibility index (Phi) is 5.22. The zero-order valence-corrected chi connectivity index (χ0v) is 13.8. The number of hydrogen-bond acceptors (Lipinski definition) is 3. The van der Waals surface area contributed by atoms with Crippen molar-refractivity contribution in [3.63, 3.8) is 0 Å². The first-order valence-electron chi connectivity index (χ1n) is 6.48. The summed E-state index contributed by atoms with van der Waals surface area (Å²) in [6.07, 6.45) is 1.62. The molecule has 114 valence electrons. The standard InChI is InChI=1S/C17H15BrO4/c1-21-15-9-12(14(18)10-16(15)22-2)13(17(19)20)8-11-6-4-3-5-7-11/h3-10H,1-2H3,(H,19,20). The molecule has 2 rings (SSSR count). The molecule has 2 aromatic rings. The van der Waals surface area contributed by atoms with E-state index in [2.05, 4.69) is 15.9 Å². The van der Waals surface area contributed by atoms with Crippen LogP contribution in [0.3, 0.4) is 0 Å². The monoisotopic (exact) mass is 362 g/mol. The molecule has 0 amide bonds. The molecule has 0 unspecified atom stereocenters. The summed E-state index contributed by atoms with van der Waals surface area (Å²) in [4.78, 5) is 11.6. The van der Waals surface area contributed by atoms with E-state index in [1.807, 2.05) is 30.3 Å². The van der Waals surface area contributed by atoms with Gasteiger partial charge in [0.05, 0.1) is 19.8 Å². The van der Waals surface area contributed by atoms with Crippen molar-refractivity contribution in [3.8, 4) is 11.5 Å². The largest absolute Gasteiger partial charge is 0.493 e. The maximum Gasteiger partial charge on any atom is 0.336 e. The van der Waals surface area contributed by atoms with E-state index in [-0.39, 0.29) is 5.57 Å². The second-order valence-electron chi connectivity index (χ2n) is 4.46. The lowest BCUT2D eigenvalue weighted by atomic mass is 10.0. The van der Waals surface area contributed by atoms with Gasteiger partial charge < -0.3 is 14.6 Å². The van der Waals surface area contributed by atoms with E-state index in [1.165, 1.54) is 14.2 Å². The van der Waals surface area contributed by atoms with Gasteiger partial charge in [-0.15, -0.1) is 0 Å². The minimum atomic E-state index is -1.02. The summed E-state index contributed by atoms with van der Waals surface area (Å²) in [5.41, 5.74) is 1.50. The van der Waals surface area contributed by atoms with Gasteiger partial charge in [0.2, 0.25) is 0 Å². The fraction of sp³-hybridized carbons (Fsp3) is 0.118. The quantitative estimate of drug-likeness (QED) is 0.642. The second kappa shape index (κ2) is 7.13. The van der Waals surface area contributed by atoms with Gasteiger partial charge in [0.1, 0.15) is 0 Å². The molecule has 1 N–H and O–H groups in total. The first-order valence-corrected chi connectivity index (χ1v) is 7.28. The molecule has 0 aromatic heterocycles. The minimum Gasteiger partial charge on any atom is -0.493 e. The van der Waals surface area contributed by atoms with E-state index in [1.54, 1.807) is 18.2 Å². The van der Waals surface area contributed by atoms with Gasteiger partial charge in [0.25, 0.3) is 0 Å². The highest BCUT2D eigenvalue weighted by molar-refractivity contribution is 9.10. The van der Waals surface area contributed by atoms with Crippen molar-refractivity contribution in [1.29, 1.82) is 0 Å². The topological polar surface area (TPSA) is 55.8 Å². The summed E-state index contributed by atoms with van der Waals surface area (Å²) in [7, 11) is 3.04. The molecule has 2 aromatic carbocycles. The summed E-state index contributed by atoms with van der Waals surface area (Å²) >= 11 is 3.39. The van der Waals surface area contributed by atoms with E-state index in [9.17, 15) is 9.90 Å². The van der Waals surface area contributed by atoms with Crippen LogP contribution in [0.15, 0.2) is 46.9 Å². The van der Waals surface area contributed by atoms with Gasteiger partial charge in [-0.3, -0.25) is 0 Å². The van der Waals surface area contributed by atoms with Crippen molar-refractivity contribution < 1.29 is 19.4 Å². The number of methoxy groups -OCH3 is 2. The molecule has 0 bridgehead atoms. The summed E-state index contributed by atoms with van der Waals surface area (Å²) in [5.74, 6) is -0.0136. The fourth-order valence-corrected chi connectivity index (χ4v) is 2.57. The van der Waals surface area contributed by atoms with Crippen LogP contribution in [0.25, 0.3) is 11.6 Å². The molecule has 0 heterocycles. The highest BCUT2D eigenvalue weighted by Crippen LogP contribution is 2.37. The van der Waals surface area contributed by atoms with E-state index in [0.717, 1.165) is 5.56 Å². The number of carboxylic acid groups (broad SMARTS) is 1. The van der Waals surface area contributed by atoms with E-state index in [0.29, 0.717) is 21.5 Å². The third kappa shape index (κ3) is 3.49. The molecule has 0 radical (unpaired) electrons. The highest BCUT2D eigenvalue weighted by Gasteiger charge is 2.17. The lowest BCUT2D eigenvalue weighted by Gasteiger charge is -2.12. The summed E-state index contributed by atoms with van der Waals surface area (Å²) in [6.45, 7) is 0. The van der Waals surface area contributed by atoms with Gasteiger partial charge >= 0.3 is 5.97 Å². The fourth-order valence-electron chi connectivity index (χ4n) is 2.03. The van der Waals surface area contributed by atoms with Gasteiger partial charge in [-0.05, 0) is 23.8 Å². The number of benzene rings is 2. The summed E-state index contributed by atoms with van der Waals surface area (Å²) < 4.78 is 11.1. The van der Waals surface area contributed by atoms with Crippen molar-refractivity contribution in [2.45, 2.75) is 0 Å². The Balaban J connectivity index is 2.59. The highest BCUT2D eigenvalue weighted by atomic mass is 79.9. The van der Waals surface area contributed by atoms with E-state index < -0.39 is 5.97 Å². The van der Waals surface area contributed by atoms with Crippen molar-refractivity contribution in [2.75, 3.05) is 14.2 Å². The number of hydrogen-bond donors (Lipinski definition) is 1. The summed E-state index contributed by atoms with van der Waals surface area (Å²) in [5, 5.41) is 9.54. The van der Waals surface area contributed by atoms with Gasteiger partial charge in [-0.1, -0.05) is 46.3 Å². The van der Waals surface area contributed by atoms with Gasteiger partial charge in [-0.25, -0.2) is 4.79 Å². The third-order valence-electron chi connectivity index (χ3n) is 3.10. The molecular weight excluding hydrogens is 348 g/mol. The van der Waals surface area contributed by atoms with Crippen molar-refractivity contribution >= 4 is 33.5 Å². The Morgan fingerprint density at radius 2 is 1.68 bits per heavy atom. The number of carboxylic acids is 1. The van der Waals surface area contributed by atoms with Crippen LogP contribution in [0.2, 0.25) is 0 Å². The lowest BCUT2D eigenvalue weighted by molar-refractivity contribution is -0.130. The van der Waals surface area contributed by atoms with Crippen LogP contribution in [0, 0.1) is 0 Å². The average molecular weight is 363 g/mol. The van der Waals surface area contributed by atoms with Crippen molar-refractivity contribution in [1.82, 2.24) is 0 Å². The maximum atomic E-state index is 11.6. The van der Waals surface area contributed by atoms with Crippen LogP contribution in [-0.2, 0) is 4.79 Å². The SMILES string of the molecule is COc1cc(Br)c(C(=Cc2ccccc2)C(=O)O)cc1OC. The third-order valence-corrected chi connectivity index (χ3v) is 3.76. The molecule has 0 aliphatic rings. The molecule has 0 aliphatic heterocycles. The van der Waals surface area contributed by atoms with E-state index >= 15 is 0 Å². The zero-order chi connectivity index (χ0) is 16.1. The Hall–Kier alpha value is -2.27. The maximum absolute atomic E-state index is 11.6. The van der Waals surface area contributed by atoms with E-state index in [4.69, 9.17) is 9.47 Å². The molecule has 4 nitrogen and oxygen atoms in total. The summed E-state index contributed by atoms with van der Waals surface area (Å²) in [6, 6.07) is 12.6. The molecule has 22 heavy (non-hydrogen) atoms. The first kappa shape index (κ1) is 16.1. The van der Waals surface area contributed by atoms with Gasteiger partial charge in [0, 0.05) is 10.0 Å². The predicted octanol–water partition coefficient (Wildman–Crippen LogP) is 4.09. The average Bonchev–Trinajstić information content (AvgIpc) is 2.53. The van der Waals surface area contributed by atoms with Crippen LogP contribution in [0.4, 0.5) is 0 Å². The Morgan fingerprint density at radius 3 is 2.23 bits per heavy atom. The second-order valence-corrected chi connectivity index (χ2v) is 5.32. The smallest absolute Gasteiger partial charge is 0.336 e. The molecule has 5 heteroatoms. The Morgan fingerprint density at radius 1 is 1.09 bits per heavy atom. The number of ether oxygens (including phenoxy) is 2. The predicted molar refractivity (Wildman–Crippen MR) is 89.2 cm³/mol. The van der Waals surface area contributed by atoms with Gasteiger partial charge in [-0.2, -0.15) is 0 Å². The normalized spacial score (nSPS) is 11.1. The zero-order valence-electron chi connectivity index (χ0n) is 12.2. The molecule has 0 saturated carbocycles. The lowest BCUT2D eigenvalue weighted by Crippen LogP contribution is -2.02. The number of halogens is 1. The van der Waals surface area contributed by atoms with Crippen LogP contribution in [-0.4, -0.2) is 25.3 Å². The van der Waals surface area contributed by atoms with Crippen LogP contribution >= 0.6 is 15.9 Å². The number of carbonyl (C=O) groups is 1.